The maximum atomic E-state index is 8.95. The third-order valence-corrected chi connectivity index (χ3v) is 5.47. The number of piperazine rings is 1. The molecule has 33 heavy (non-hydrogen) atoms. The smallest absolute Gasteiger partial charge is 0.131 e. The van der Waals surface area contributed by atoms with Gasteiger partial charge in [-0.05, 0) is 48.4 Å². The lowest BCUT2D eigenvalue weighted by molar-refractivity contribution is 0.589. The summed E-state index contributed by atoms with van der Waals surface area (Å²) in [6.07, 6.45) is 7.25. The van der Waals surface area contributed by atoms with Crippen molar-refractivity contribution in [3.05, 3.63) is 84.1 Å². The summed E-state index contributed by atoms with van der Waals surface area (Å²) in [5, 5.41) is 17.6. The third kappa shape index (κ3) is 4.74. The Bertz CT molecular complexity index is 1390. The Morgan fingerprint density at radius 1 is 0.909 bits per heavy atom. The number of rotatable bonds is 3. The number of benzene rings is 1. The zero-order chi connectivity index (χ0) is 22.5. The third-order valence-electron chi connectivity index (χ3n) is 5.47. The Morgan fingerprint density at radius 3 is 2.55 bits per heavy atom. The van der Waals surface area contributed by atoms with E-state index in [4.69, 9.17) is 5.26 Å². The summed E-state index contributed by atoms with van der Waals surface area (Å²) < 4.78 is 0. The second-order valence-electron chi connectivity index (χ2n) is 7.68. The predicted octanol–water partition coefficient (Wildman–Crippen LogP) is 3.45. The van der Waals surface area contributed by atoms with Gasteiger partial charge in [-0.2, -0.15) is 5.26 Å². The number of aromatic nitrogens is 3. The van der Waals surface area contributed by atoms with Crippen LogP contribution in [0.4, 0.5) is 17.2 Å². The second-order valence-corrected chi connectivity index (χ2v) is 7.68. The van der Waals surface area contributed by atoms with Crippen LogP contribution in [0.25, 0.3) is 10.8 Å². The molecule has 1 saturated heterocycles. The Labute approximate surface area is 192 Å². The van der Waals surface area contributed by atoms with E-state index in [2.05, 4.69) is 54.5 Å². The molecule has 1 aliphatic rings. The minimum Gasteiger partial charge on any atom is -0.368 e. The van der Waals surface area contributed by atoms with Gasteiger partial charge in [0.2, 0.25) is 0 Å². The lowest BCUT2D eigenvalue weighted by Crippen LogP contribution is -2.43. The Hall–Kier alpha value is -4.46. The molecule has 0 radical (unpaired) electrons. The average Bonchev–Trinajstić information content (AvgIpc) is 2.88. The summed E-state index contributed by atoms with van der Waals surface area (Å²) in [6, 6.07) is 15.3. The first-order valence-electron chi connectivity index (χ1n) is 10.7. The fourth-order valence-corrected chi connectivity index (χ4v) is 3.73. The number of anilines is 3. The average molecular weight is 432 g/mol. The molecule has 0 saturated carbocycles. The molecule has 0 bridgehead atoms. The van der Waals surface area contributed by atoms with Crippen LogP contribution in [0.15, 0.2) is 67.3 Å². The molecular formula is C26H21N7. The van der Waals surface area contributed by atoms with Crippen molar-refractivity contribution < 1.29 is 0 Å². The standard InChI is InChI=1S/C26H21N7/c27-15-20-3-1-19(2-4-20)5-6-25-24-14-26(31-16-21(24)7-8-30-25)32-22-13-23(18-29-17-22)33-11-9-28-10-12-33/h1-4,7-8,13-14,16-18,28H,9-12H2,(H,31,32). The second kappa shape index (κ2) is 9.35. The molecule has 2 N–H and O–H groups in total. The minimum atomic E-state index is 0.612. The lowest BCUT2D eigenvalue weighted by atomic mass is 10.1. The molecule has 1 fully saturated rings. The van der Waals surface area contributed by atoms with E-state index in [9.17, 15) is 0 Å². The van der Waals surface area contributed by atoms with E-state index < -0.39 is 0 Å². The van der Waals surface area contributed by atoms with Crippen molar-refractivity contribution >= 4 is 28.0 Å². The van der Waals surface area contributed by atoms with Crippen LogP contribution in [0.2, 0.25) is 0 Å². The number of hydrogen-bond acceptors (Lipinski definition) is 7. The summed E-state index contributed by atoms with van der Waals surface area (Å²) in [7, 11) is 0. The first kappa shape index (κ1) is 20.4. The fourth-order valence-electron chi connectivity index (χ4n) is 3.73. The van der Waals surface area contributed by atoms with E-state index in [1.165, 1.54) is 0 Å². The molecule has 4 aromatic rings. The molecule has 0 unspecified atom stereocenters. The van der Waals surface area contributed by atoms with Gasteiger partial charge in [0, 0.05) is 54.9 Å². The van der Waals surface area contributed by atoms with Gasteiger partial charge in [0.1, 0.15) is 11.5 Å². The molecule has 3 aromatic heterocycles. The van der Waals surface area contributed by atoms with E-state index in [0.29, 0.717) is 17.1 Å². The summed E-state index contributed by atoms with van der Waals surface area (Å²) in [6.45, 7) is 3.88. The van der Waals surface area contributed by atoms with Gasteiger partial charge in [-0.3, -0.25) is 4.98 Å². The number of hydrogen-bond donors (Lipinski definition) is 2. The van der Waals surface area contributed by atoms with E-state index in [0.717, 1.165) is 53.9 Å². The zero-order valence-electron chi connectivity index (χ0n) is 17.9. The molecule has 1 aromatic carbocycles. The van der Waals surface area contributed by atoms with Gasteiger partial charge in [0.25, 0.3) is 0 Å². The number of pyridine rings is 3. The van der Waals surface area contributed by atoms with Gasteiger partial charge in [-0.25, -0.2) is 9.97 Å². The van der Waals surface area contributed by atoms with Crippen molar-refractivity contribution in [3.8, 4) is 17.9 Å². The first-order chi connectivity index (χ1) is 16.3. The molecule has 0 atom stereocenters. The van der Waals surface area contributed by atoms with Gasteiger partial charge in [0.05, 0.1) is 35.4 Å². The van der Waals surface area contributed by atoms with E-state index in [1.807, 2.05) is 36.7 Å². The molecule has 160 valence electrons. The van der Waals surface area contributed by atoms with Crippen LogP contribution in [0, 0.1) is 23.2 Å². The van der Waals surface area contributed by atoms with E-state index in [-0.39, 0.29) is 0 Å². The van der Waals surface area contributed by atoms with Crippen LogP contribution < -0.4 is 15.5 Å². The highest BCUT2D eigenvalue weighted by Gasteiger charge is 2.11. The molecular weight excluding hydrogens is 410 g/mol. The van der Waals surface area contributed by atoms with Gasteiger partial charge < -0.3 is 15.5 Å². The number of nitriles is 1. The zero-order valence-corrected chi connectivity index (χ0v) is 17.9. The van der Waals surface area contributed by atoms with Crippen molar-refractivity contribution in [3.63, 3.8) is 0 Å². The van der Waals surface area contributed by atoms with Crippen LogP contribution in [0.3, 0.4) is 0 Å². The molecule has 0 aliphatic carbocycles. The van der Waals surface area contributed by atoms with Crippen molar-refractivity contribution in [2.24, 2.45) is 0 Å². The monoisotopic (exact) mass is 431 g/mol. The van der Waals surface area contributed by atoms with Crippen LogP contribution >= 0.6 is 0 Å². The van der Waals surface area contributed by atoms with Gasteiger partial charge in [-0.15, -0.1) is 0 Å². The predicted molar refractivity (Wildman–Crippen MR) is 129 cm³/mol. The fraction of sp³-hybridized carbons (Fsp3) is 0.154. The molecule has 1 aliphatic heterocycles. The van der Waals surface area contributed by atoms with E-state index >= 15 is 0 Å². The van der Waals surface area contributed by atoms with E-state index in [1.54, 1.807) is 24.5 Å². The Kier molecular flexibility index (Phi) is 5.79. The minimum absolute atomic E-state index is 0.612. The summed E-state index contributed by atoms with van der Waals surface area (Å²) in [5.41, 5.74) is 4.09. The Balaban J connectivity index is 1.42. The quantitative estimate of drug-likeness (QED) is 0.480. The van der Waals surface area contributed by atoms with Crippen LogP contribution in [-0.4, -0.2) is 41.1 Å². The topological polar surface area (TPSA) is 89.8 Å². The van der Waals surface area contributed by atoms with Crippen LogP contribution in [0.5, 0.6) is 0 Å². The largest absolute Gasteiger partial charge is 0.368 e. The summed E-state index contributed by atoms with van der Waals surface area (Å²) in [4.78, 5) is 15.8. The highest BCUT2D eigenvalue weighted by atomic mass is 15.2. The van der Waals surface area contributed by atoms with Crippen molar-refractivity contribution in [2.45, 2.75) is 0 Å². The SMILES string of the molecule is N#Cc1ccc(C#Cc2nccc3cnc(Nc4cncc(N5CCNCC5)c4)cc23)cc1. The summed E-state index contributed by atoms with van der Waals surface area (Å²) in [5.74, 6) is 7.00. The molecule has 0 spiro atoms. The van der Waals surface area contributed by atoms with Crippen molar-refractivity contribution in [2.75, 3.05) is 36.4 Å². The molecule has 7 nitrogen and oxygen atoms in total. The van der Waals surface area contributed by atoms with Crippen molar-refractivity contribution in [1.29, 1.82) is 5.26 Å². The number of nitrogens with zero attached hydrogens (tertiary/aromatic N) is 5. The van der Waals surface area contributed by atoms with Crippen LogP contribution in [0.1, 0.15) is 16.8 Å². The van der Waals surface area contributed by atoms with Gasteiger partial charge in [0.15, 0.2) is 0 Å². The summed E-state index contributed by atoms with van der Waals surface area (Å²) >= 11 is 0. The lowest BCUT2D eigenvalue weighted by Gasteiger charge is -2.29. The molecule has 0 amide bonds. The highest BCUT2D eigenvalue weighted by Crippen LogP contribution is 2.24. The van der Waals surface area contributed by atoms with Gasteiger partial charge in [-0.1, -0.05) is 5.92 Å². The van der Waals surface area contributed by atoms with Crippen LogP contribution in [-0.2, 0) is 0 Å². The highest BCUT2D eigenvalue weighted by molar-refractivity contribution is 5.88. The maximum Gasteiger partial charge on any atom is 0.131 e. The first-order valence-corrected chi connectivity index (χ1v) is 10.7. The number of nitrogens with one attached hydrogen (secondary N) is 2. The molecule has 4 heterocycles. The molecule has 5 rings (SSSR count). The van der Waals surface area contributed by atoms with Gasteiger partial charge >= 0.3 is 0 Å². The normalized spacial score (nSPS) is 13.1. The molecule has 7 heteroatoms. The number of fused-ring (bicyclic) bond motifs is 1. The van der Waals surface area contributed by atoms with Crippen molar-refractivity contribution in [1.82, 2.24) is 20.3 Å². The Morgan fingerprint density at radius 2 is 1.73 bits per heavy atom. The maximum absolute atomic E-state index is 8.95.